The zero-order valence-electron chi connectivity index (χ0n) is 15.8. The first-order valence-corrected chi connectivity index (χ1v) is 10.6. The van der Waals surface area contributed by atoms with E-state index in [1.54, 1.807) is 7.11 Å². The molecule has 27 heavy (non-hydrogen) atoms. The Morgan fingerprint density at radius 2 is 2.00 bits per heavy atom. The predicted molar refractivity (Wildman–Crippen MR) is 106 cm³/mol. The van der Waals surface area contributed by atoms with Crippen molar-refractivity contribution in [1.29, 1.82) is 0 Å². The molecule has 5 rings (SSSR count). The second-order valence-corrected chi connectivity index (χ2v) is 9.25. The van der Waals surface area contributed by atoms with E-state index in [4.69, 9.17) is 9.47 Å². The molecule has 3 aliphatic carbocycles. The van der Waals surface area contributed by atoms with Crippen LogP contribution in [0.5, 0.6) is 5.75 Å². The molecule has 5 nitrogen and oxygen atoms in total. The molecule has 2 N–H and O–H groups in total. The predicted octanol–water partition coefficient (Wildman–Crippen LogP) is 2.74. The smallest absolute Gasteiger partial charge is 0.247 e. The Hall–Kier alpha value is -1.24. The summed E-state index contributed by atoms with van der Waals surface area (Å²) >= 11 is 4.53. The molecule has 3 fully saturated rings. The van der Waals surface area contributed by atoms with E-state index in [1.165, 1.54) is 18.4 Å². The van der Waals surface area contributed by atoms with E-state index < -0.39 is 5.54 Å². The van der Waals surface area contributed by atoms with E-state index in [0.717, 1.165) is 50.0 Å². The van der Waals surface area contributed by atoms with Gasteiger partial charge in [0.05, 0.1) is 12.7 Å². The number of fused-ring (bicyclic) bond motifs is 3. The summed E-state index contributed by atoms with van der Waals surface area (Å²) in [6.07, 6.45) is 7.67. The van der Waals surface area contributed by atoms with Crippen LogP contribution < -0.4 is 15.4 Å². The molecular weight excluding hydrogens is 360 g/mol. The maximum Gasteiger partial charge on any atom is 0.247 e. The first-order valence-electron chi connectivity index (χ1n) is 10.1. The quantitative estimate of drug-likeness (QED) is 0.694. The molecule has 1 saturated heterocycles. The molecule has 2 unspecified atom stereocenters. The van der Waals surface area contributed by atoms with Crippen LogP contribution in [0, 0.1) is 11.3 Å². The molecule has 2 spiro atoms. The lowest BCUT2D eigenvalue weighted by Crippen LogP contribution is -2.56. The fraction of sp³-hybridized carbons (Fsp3) is 0.667. The van der Waals surface area contributed by atoms with Gasteiger partial charge in [-0.2, -0.15) is 0 Å². The molecule has 2 atom stereocenters. The van der Waals surface area contributed by atoms with Gasteiger partial charge in [-0.15, -0.1) is 12.6 Å². The van der Waals surface area contributed by atoms with Crippen LogP contribution in [-0.4, -0.2) is 31.2 Å². The highest BCUT2D eigenvalue weighted by atomic mass is 32.1. The molecule has 1 aromatic rings. The fourth-order valence-corrected chi connectivity index (χ4v) is 5.81. The Labute approximate surface area is 166 Å². The van der Waals surface area contributed by atoms with Crippen LogP contribution in [0.1, 0.15) is 49.7 Å². The first-order chi connectivity index (χ1) is 13.1. The summed E-state index contributed by atoms with van der Waals surface area (Å²) in [6, 6.07) is 6.34. The van der Waals surface area contributed by atoms with Gasteiger partial charge >= 0.3 is 0 Å². The van der Waals surface area contributed by atoms with Gasteiger partial charge in [0.25, 0.3) is 0 Å². The van der Waals surface area contributed by atoms with Crippen LogP contribution in [0.15, 0.2) is 18.2 Å². The number of carbonyl (C=O) groups excluding carboxylic acids is 1. The molecule has 4 aliphatic rings. The van der Waals surface area contributed by atoms with Crippen molar-refractivity contribution in [2.75, 3.05) is 13.7 Å². The summed E-state index contributed by atoms with van der Waals surface area (Å²) in [5.74, 6) is 1.63. The number of nitrogens with one attached hydrogen (secondary N) is 2. The molecule has 2 saturated carbocycles. The molecule has 146 valence electrons. The van der Waals surface area contributed by atoms with E-state index in [2.05, 4.69) is 41.5 Å². The lowest BCUT2D eigenvalue weighted by molar-refractivity contribution is -0.131. The molecule has 0 aromatic heterocycles. The maximum atomic E-state index is 13.3. The number of amides is 1. The Bertz CT molecular complexity index is 758. The number of rotatable bonds is 4. The summed E-state index contributed by atoms with van der Waals surface area (Å²) in [5.41, 5.74) is 1.18. The second kappa shape index (κ2) is 6.39. The van der Waals surface area contributed by atoms with Crippen molar-refractivity contribution in [1.82, 2.24) is 10.6 Å². The van der Waals surface area contributed by atoms with E-state index >= 15 is 0 Å². The Morgan fingerprint density at radius 3 is 2.63 bits per heavy atom. The molecule has 0 radical (unpaired) electrons. The van der Waals surface area contributed by atoms with Crippen LogP contribution >= 0.6 is 12.6 Å². The molecule has 0 bridgehead atoms. The van der Waals surface area contributed by atoms with Crippen LogP contribution in [0.3, 0.4) is 0 Å². The summed E-state index contributed by atoms with van der Waals surface area (Å²) in [7, 11) is 1.79. The van der Waals surface area contributed by atoms with Crippen LogP contribution in [0.4, 0.5) is 0 Å². The van der Waals surface area contributed by atoms with E-state index in [0.29, 0.717) is 12.0 Å². The standard InChI is InChI=1S/C21H28N2O3S/c1-25-15-6-8-20(9-7-15)11-14-4-5-16(26-12-13-2-3-13)10-17(14)21(20)18(24)22-19(27)23-21/h4-5,10,13,15,19,23,27H,2-3,6-9,11-12H2,1H3,(H,22,24). The van der Waals surface area contributed by atoms with Gasteiger partial charge in [-0.1, -0.05) is 6.07 Å². The third-order valence-corrected chi connectivity index (χ3v) is 7.44. The van der Waals surface area contributed by atoms with Crippen LogP contribution in [-0.2, 0) is 21.5 Å². The van der Waals surface area contributed by atoms with Gasteiger partial charge in [0.15, 0.2) is 0 Å². The third kappa shape index (κ3) is 2.71. The second-order valence-electron chi connectivity index (χ2n) is 8.74. The lowest BCUT2D eigenvalue weighted by atomic mass is 9.61. The summed E-state index contributed by atoms with van der Waals surface area (Å²) in [5, 5.41) is 6.55. The average Bonchev–Trinajstić information content (AvgIpc) is 3.40. The first kappa shape index (κ1) is 17.8. The summed E-state index contributed by atoms with van der Waals surface area (Å²) in [6.45, 7) is 0.779. The number of ether oxygens (including phenoxy) is 2. The van der Waals surface area contributed by atoms with Gasteiger partial charge in [0, 0.05) is 12.5 Å². The number of carbonyl (C=O) groups is 1. The maximum absolute atomic E-state index is 13.3. The largest absolute Gasteiger partial charge is 0.493 e. The molecular formula is C21H28N2O3S. The van der Waals surface area contributed by atoms with Gasteiger partial charge in [0.1, 0.15) is 16.8 Å². The highest BCUT2D eigenvalue weighted by Gasteiger charge is 2.65. The number of methoxy groups -OCH3 is 1. The van der Waals surface area contributed by atoms with Crippen molar-refractivity contribution in [2.45, 2.75) is 62.1 Å². The molecule has 1 amide bonds. The van der Waals surface area contributed by atoms with Crippen molar-refractivity contribution in [3.63, 3.8) is 0 Å². The zero-order valence-corrected chi connectivity index (χ0v) is 16.7. The minimum atomic E-state index is -0.716. The molecule has 1 heterocycles. The summed E-state index contributed by atoms with van der Waals surface area (Å²) in [4.78, 5) is 13.3. The SMILES string of the molecule is COC1CCC2(CC1)Cc1ccc(OCC3CC3)cc1C21NC(S)NC1=O. The molecule has 1 aliphatic heterocycles. The van der Waals surface area contributed by atoms with Crippen molar-refractivity contribution in [2.24, 2.45) is 11.3 Å². The van der Waals surface area contributed by atoms with Gasteiger partial charge in [-0.05, 0) is 74.1 Å². The topological polar surface area (TPSA) is 59.6 Å². The molecule has 6 heteroatoms. The van der Waals surface area contributed by atoms with Crippen molar-refractivity contribution >= 4 is 18.5 Å². The van der Waals surface area contributed by atoms with Crippen LogP contribution in [0.25, 0.3) is 0 Å². The summed E-state index contributed by atoms with van der Waals surface area (Å²) < 4.78 is 11.6. The fourth-order valence-electron chi connectivity index (χ4n) is 5.49. The van der Waals surface area contributed by atoms with Gasteiger partial charge in [-0.25, -0.2) is 0 Å². The van der Waals surface area contributed by atoms with Gasteiger partial charge < -0.3 is 14.8 Å². The number of hydrogen-bond acceptors (Lipinski definition) is 5. The van der Waals surface area contributed by atoms with Gasteiger partial charge in [-0.3, -0.25) is 10.1 Å². The number of thiol groups is 1. The van der Waals surface area contributed by atoms with E-state index in [9.17, 15) is 4.79 Å². The van der Waals surface area contributed by atoms with E-state index in [1.807, 2.05) is 0 Å². The van der Waals surface area contributed by atoms with Crippen molar-refractivity contribution in [3.05, 3.63) is 29.3 Å². The molecule has 1 aromatic carbocycles. The minimum absolute atomic E-state index is 0.0523. The minimum Gasteiger partial charge on any atom is -0.493 e. The highest BCUT2D eigenvalue weighted by Crippen LogP contribution is 2.59. The Balaban J connectivity index is 1.53. The zero-order chi connectivity index (χ0) is 18.6. The highest BCUT2D eigenvalue weighted by molar-refractivity contribution is 7.80. The number of benzene rings is 1. The normalized spacial score (nSPS) is 37.6. The Morgan fingerprint density at radius 1 is 1.22 bits per heavy atom. The average molecular weight is 389 g/mol. The van der Waals surface area contributed by atoms with Crippen molar-refractivity contribution < 1.29 is 14.3 Å². The number of hydrogen-bond donors (Lipinski definition) is 3. The third-order valence-electron chi connectivity index (χ3n) is 7.18. The van der Waals surface area contributed by atoms with Gasteiger partial charge in [0.2, 0.25) is 5.91 Å². The Kier molecular flexibility index (Phi) is 4.22. The monoisotopic (exact) mass is 388 g/mol. The van der Waals surface area contributed by atoms with Crippen molar-refractivity contribution in [3.8, 4) is 5.75 Å². The van der Waals surface area contributed by atoms with Crippen LogP contribution in [0.2, 0.25) is 0 Å². The lowest BCUT2D eigenvalue weighted by Gasteiger charge is -2.46. The van der Waals surface area contributed by atoms with E-state index in [-0.39, 0.29) is 16.8 Å².